The van der Waals surface area contributed by atoms with Gasteiger partial charge in [-0.25, -0.2) is 4.98 Å². The number of rotatable bonds is 3. The zero-order valence-electron chi connectivity index (χ0n) is 12.9. The van der Waals surface area contributed by atoms with Gasteiger partial charge in [0.1, 0.15) is 5.01 Å². The first-order valence-corrected chi connectivity index (χ1v) is 8.82. The van der Waals surface area contributed by atoms with Crippen molar-refractivity contribution in [2.75, 3.05) is 0 Å². The Labute approximate surface area is 130 Å². The molecule has 2 unspecified atom stereocenters. The first-order valence-electron chi connectivity index (χ1n) is 8.00. The maximum absolute atomic E-state index is 12.4. The average molecular weight is 307 g/mol. The second-order valence-electron chi connectivity index (χ2n) is 6.66. The van der Waals surface area contributed by atoms with E-state index in [0.717, 1.165) is 23.5 Å². The van der Waals surface area contributed by atoms with Gasteiger partial charge in [-0.05, 0) is 51.4 Å². The van der Waals surface area contributed by atoms with Crippen LogP contribution >= 0.6 is 11.3 Å². The van der Waals surface area contributed by atoms with Gasteiger partial charge in [0.25, 0.3) is 0 Å². The normalized spacial score (nSPS) is 32.0. The molecule has 2 aliphatic carbocycles. The fourth-order valence-corrected chi connectivity index (χ4v) is 4.80. The molecule has 3 N–H and O–H groups in total. The highest BCUT2D eigenvalue weighted by Crippen LogP contribution is 2.41. The van der Waals surface area contributed by atoms with Crippen LogP contribution in [0.3, 0.4) is 0 Å². The van der Waals surface area contributed by atoms with Crippen molar-refractivity contribution in [1.29, 1.82) is 0 Å². The van der Waals surface area contributed by atoms with Crippen molar-refractivity contribution >= 4 is 17.2 Å². The zero-order valence-corrected chi connectivity index (χ0v) is 13.7. The summed E-state index contributed by atoms with van der Waals surface area (Å²) < 4.78 is 0. The van der Waals surface area contributed by atoms with Crippen molar-refractivity contribution in [3.63, 3.8) is 0 Å². The molecule has 1 aromatic rings. The second kappa shape index (κ2) is 6.05. The van der Waals surface area contributed by atoms with E-state index in [1.165, 1.54) is 24.1 Å². The lowest BCUT2D eigenvalue weighted by Gasteiger charge is -2.43. The first kappa shape index (κ1) is 15.0. The average Bonchev–Trinajstić information content (AvgIpc) is 2.75. The number of hydrogen-bond acceptors (Lipinski definition) is 4. The Balaban J connectivity index is 1.56. The zero-order chi connectivity index (χ0) is 15.0. The van der Waals surface area contributed by atoms with Gasteiger partial charge < -0.3 is 11.1 Å². The van der Waals surface area contributed by atoms with E-state index in [1.54, 1.807) is 11.3 Å². The van der Waals surface area contributed by atoms with E-state index in [0.29, 0.717) is 24.4 Å². The summed E-state index contributed by atoms with van der Waals surface area (Å²) in [6.07, 6.45) is 5.63. The van der Waals surface area contributed by atoms with Crippen molar-refractivity contribution in [1.82, 2.24) is 10.3 Å². The lowest BCUT2D eigenvalue weighted by atomic mass is 9.65. The van der Waals surface area contributed by atoms with Crippen molar-refractivity contribution in [2.45, 2.75) is 58.5 Å². The maximum atomic E-state index is 12.4. The third-order valence-corrected chi connectivity index (χ3v) is 6.34. The molecule has 4 nitrogen and oxygen atoms in total. The van der Waals surface area contributed by atoms with Crippen molar-refractivity contribution < 1.29 is 4.79 Å². The van der Waals surface area contributed by atoms with Gasteiger partial charge in [0.2, 0.25) is 5.91 Å². The highest BCUT2D eigenvalue weighted by Gasteiger charge is 2.40. The van der Waals surface area contributed by atoms with Gasteiger partial charge >= 0.3 is 0 Å². The van der Waals surface area contributed by atoms with Crippen molar-refractivity contribution in [2.24, 2.45) is 23.5 Å². The number of nitrogens with one attached hydrogen (secondary N) is 1. The van der Waals surface area contributed by atoms with E-state index in [2.05, 4.69) is 17.2 Å². The molecule has 3 rings (SSSR count). The van der Waals surface area contributed by atoms with Crippen LogP contribution in [-0.4, -0.2) is 16.9 Å². The van der Waals surface area contributed by atoms with Crippen LogP contribution in [0.15, 0.2) is 0 Å². The molecule has 2 fully saturated rings. The summed E-state index contributed by atoms with van der Waals surface area (Å²) in [7, 11) is 0. The van der Waals surface area contributed by atoms with Crippen molar-refractivity contribution in [3.05, 3.63) is 15.6 Å². The van der Waals surface area contributed by atoms with E-state index >= 15 is 0 Å². The Bertz CT molecular complexity index is 494. The number of thiazole rings is 1. The standard InChI is InChI=1S/C16H25N3OS/c1-9-10(2)21-14(19-9)8-18-16(20)13-6-11-4-3-5-12(7-13)15(11)17/h11-13,15H,3-8,17H2,1-2H3,(H,18,20). The molecule has 2 bridgehead atoms. The maximum Gasteiger partial charge on any atom is 0.223 e. The summed E-state index contributed by atoms with van der Waals surface area (Å²) in [6, 6.07) is 0.326. The monoisotopic (exact) mass is 307 g/mol. The van der Waals surface area contributed by atoms with E-state index in [1.807, 2.05) is 6.92 Å². The third-order valence-electron chi connectivity index (χ3n) is 5.27. The van der Waals surface area contributed by atoms with Crippen LogP contribution in [0.4, 0.5) is 0 Å². The molecule has 1 aromatic heterocycles. The highest BCUT2D eigenvalue weighted by atomic mass is 32.1. The molecule has 116 valence electrons. The van der Waals surface area contributed by atoms with Crippen LogP contribution in [0.2, 0.25) is 0 Å². The van der Waals surface area contributed by atoms with Gasteiger partial charge in [0, 0.05) is 16.8 Å². The molecule has 2 atom stereocenters. The van der Waals surface area contributed by atoms with E-state index < -0.39 is 0 Å². The largest absolute Gasteiger partial charge is 0.349 e. The summed E-state index contributed by atoms with van der Waals surface area (Å²) in [4.78, 5) is 18.1. The van der Waals surface area contributed by atoms with Crippen LogP contribution in [0.25, 0.3) is 0 Å². The summed E-state index contributed by atoms with van der Waals surface area (Å²) in [5.41, 5.74) is 7.36. The Kier molecular flexibility index (Phi) is 4.31. The Morgan fingerprint density at radius 1 is 1.33 bits per heavy atom. The molecular weight excluding hydrogens is 282 g/mol. The van der Waals surface area contributed by atoms with Crippen LogP contribution in [0.1, 0.15) is 47.7 Å². The number of carbonyl (C=O) groups excluding carboxylic acids is 1. The molecule has 0 aromatic carbocycles. The van der Waals surface area contributed by atoms with Gasteiger partial charge in [0.05, 0.1) is 12.2 Å². The molecule has 2 saturated carbocycles. The molecular formula is C16H25N3OS. The number of nitrogens with zero attached hydrogens (tertiary/aromatic N) is 1. The minimum Gasteiger partial charge on any atom is -0.349 e. The summed E-state index contributed by atoms with van der Waals surface area (Å²) >= 11 is 1.67. The summed E-state index contributed by atoms with van der Waals surface area (Å²) in [5, 5.41) is 4.09. The lowest BCUT2D eigenvalue weighted by Crippen LogP contribution is -2.49. The molecule has 0 aliphatic heterocycles. The molecule has 5 heteroatoms. The Hall–Kier alpha value is -0.940. The Morgan fingerprint density at radius 3 is 2.57 bits per heavy atom. The fourth-order valence-electron chi connectivity index (χ4n) is 3.93. The van der Waals surface area contributed by atoms with E-state index in [9.17, 15) is 4.79 Å². The number of nitrogens with two attached hydrogens (primary N) is 1. The molecule has 2 aliphatic rings. The minimum absolute atomic E-state index is 0.155. The highest BCUT2D eigenvalue weighted by molar-refractivity contribution is 7.11. The molecule has 0 saturated heterocycles. The van der Waals surface area contributed by atoms with Gasteiger partial charge in [-0.15, -0.1) is 11.3 Å². The first-order chi connectivity index (χ1) is 10.0. The molecule has 21 heavy (non-hydrogen) atoms. The van der Waals surface area contributed by atoms with E-state index in [-0.39, 0.29) is 11.8 Å². The summed E-state index contributed by atoms with van der Waals surface area (Å²) in [6.45, 7) is 4.65. The quantitative estimate of drug-likeness (QED) is 0.901. The number of carbonyl (C=O) groups is 1. The predicted molar refractivity (Wildman–Crippen MR) is 85.0 cm³/mol. The number of fused-ring (bicyclic) bond motifs is 2. The van der Waals surface area contributed by atoms with Crippen LogP contribution in [0, 0.1) is 31.6 Å². The SMILES string of the molecule is Cc1nc(CNC(=O)C2CC3CCCC(C2)C3N)sc1C. The number of hydrogen-bond donors (Lipinski definition) is 2. The van der Waals surface area contributed by atoms with Crippen molar-refractivity contribution in [3.8, 4) is 0 Å². The third kappa shape index (κ3) is 3.14. The van der Waals surface area contributed by atoms with Gasteiger partial charge in [0.15, 0.2) is 0 Å². The van der Waals surface area contributed by atoms with Crippen LogP contribution in [0.5, 0.6) is 0 Å². The number of amides is 1. The minimum atomic E-state index is 0.155. The van der Waals surface area contributed by atoms with E-state index in [4.69, 9.17) is 5.73 Å². The number of aromatic nitrogens is 1. The second-order valence-corrected chi connectivity index (χ2v) is 7.95. The Morgan fingerprint density at radius 2 is 2.00 bits per heavy atom. The number of aryl methyl sites for hydroxylation is 2. The van der Waals surface area contributed by atoms with Crippen LogP contribution < -0.4 is 11.1 Å². The van der Waals surface area contributed by atoms with Gasteiger partial charge in [-0.1, -0.05) is 6.42 Å². The lowest BCUT2D eigenvalue weighted by molar-refractivity contribution is -0.128. The van der Waals surface area contributed by atoms with Crippen LogP contribution in [-0.2, 0) is 11.3 Å². The topological polar surface area (TPSA) is 68.0 Å². The fraction of sp³-hybridized carbons (Fsp3) is 0.750. The predicted octanol–water partition coefficient (Wildman–Crippen LogP) is 2.53. The summed E-state index contributed by atoms with van der Waals surface area (Å²) in [5.74, 6) is 1.46. The molecule has 0 radical (unpaired) electrons. The van der Waals surface area contributed by atoms with Gasteiger partial charge in [-0.3, -0.25) is 4.79 Å². The molecule has 1 amide bonds. The molecule has 1 heterocycles. The van der Waals surface area contributed by atoms with Gasteiger partial charge in [-0.2, -0.15) is 0 Å². The smallest absolute Gasteiger partial charge is 0.223 e. The molecule has 0 spiro atoms.